The Morgan fingerprint density at radius 2 is 1.83 bits per heavy atom. The van der Waals surface area contributed by atoms with Gasteiger partial charge < -0.3 is 4.74 Å². The molecule has 136 valence electrons. The molecule has 0 radical (unpaired) electrons. The maximum atomic E-state index is 12.6. The second-order valence-electron chi connectivity index (χ2n) is 10.5. The average Bonchev–Trinajstić information content (AvgIpc) is 3.19. The number of ether oxygens (including phenoxy) is 1. The Hall–Kier alpha value is -0.530. The third kappa shape index (κ3) is 2.16. The summed E-state index contributed by atoms with van der Waals surface area (Å²) in [4.78, 5) is 12.6. The Kier molecular flexibility index (Phi) is 3.86. The van der Waals surface area contributed by atoms with E-state index in [2.05, 4.69) is 34.6 Å². The van der Waals surface area contributed by atoms with E-state index in [0.717, 1.165) is 36.5 Å². The third-order valence-corrected chi connectivity index (χ3v) is 9.88. The van der Waals surface area contributed by atoms with Gasteiger partial charge in [0.2, 0.25) is 0 Å². The van der Waals surface area contributed by atoms with E-state index in [9.17, 15) is 4.79 Å². The highest BCUT2D eigenvalue weighted by Gasteiger charge is 2.60. The molecule has 0 saturated heterocycles. The van der Waals surface area contributed by atoms with Crippen LogP contribution in [-0.4, -0.2) is 12.6 Å². The van der Waals surface area contributed by atoms with Gasteiger partial charge in [-0.1, -0.05) is 34.6 Å². The van der Waals surface area contributed by atoms with E-state index < -0.39 is 0 Å². The van der Waals surface area contributed by atoms with Crippen LogP contribution in [0.5, 0.6) is 0 Å². The molecule has 0 amide bonds. The van der Waals surface area contributed by atoms with Crippen molar-refractivity contribution in [1.82, 2.24) is 0 Å². The van der Waals surface area contributed by atoms with Gasteiger partial charge in [-0.15, -0.1) is 0 Å². The van der Waals surface area contributed by atoms with E-state index in [0.29, 0.717) is 29.3 Å². The van der Waals surface area contributed by atoms with E-state index in [1.54, 1.807) is 0 Å². The van der Waals surface area contributed by atoms with Gasteiger partial charge in [0.1, 0.15) is 0 Å². The number of carbonyl (C=O) groups is 1. The molecule has 0 heterocycles. The largest absolute Gasteiger partial charge is 0.465 e. The Morgan fingerprint density at radius 1 is 1.08 bits per heavy atom. The molecule has 0 N–H and O–H groups in total. The highest BCUT2D eigenvalue weighted by Crippen LogP contribution is 2.68. The molecular formula is C22H36O2. The van der Waals surface area contributed by atoms with Crippen LogP contribution < -0.4 is 0 Å². The van der Waals surface area contributed by atoms with Crippen LogP contribution >= 0.6 is 0 Å². The number of rotatable bonds is 4. The molecule has 4 aliphatic rings. The second kappa shape index (κ2) is 5.48. The Balaban J connectivity index is 1.29. The number of hydrogen-bond donors (Lipinski definition) is 0. The Labute approximate surface area is 148 Å². The standard InChI is InChI=1S/C22H36O2/c1-13-14(2)18-10-15(13)11-19(18)20(23)24-9-7-17-12-16-6-8-22(17,5)21(16,3)4/h13-19H,6-12H2,1-5H3. The van der Waals surface area contributed by atoms with Gasteiger partial charge in [-0.25, -0.2) is 0 Å². The maximum Gasteiger partial charge on any atom is 0.309 e. The van der Waals surface area contributed by atoms with Gasteiger partial charge in [0.15, 0.2) is 0 Å². The summed E-state index contributed by atoms with van der Waals surface area (Å²) in [5, 5.41) is 0. The van der Waals surface area contributed by atoms with E-state index in [4.69, 9.17) is 4.74 Å². The van der Waals surface area contributed by atoms with Crippen LogP contribution in [0.2, 0.25) is 0 Å². The Morgan fingerprint density at radius 3 is 2.38 bits per heavy atom. The highest BCUT2D eigenvalue weighted by molar-refractivity contribution is 5.73. The summed E-state index contributed by atoms with van der Waals surface area (Å²) in [6.07, 6.45) is 7.55. The number of esters is 1. The summed E-state index contributed by atoms with van der Waals surface area (Å²) in [5.41, 5.74) is 0.929. The predicted molar refractivity (Wildman–Crippen MR) is 96.3 cm³/mol. The normalized spacial score (nSPS) is 51.3. The molecule has 0 aromatic carbocycles. The lowest BCUT2D eigenvalue weighted by Gasteiger charge is -2.39. The van der Waals surface area contributed by atoms with Crippen molar-refractivity contribution in [1.29, 1.82) is 0 Å². The van der Waals surface area contributed by atoms with Gasteiger partial charge in [0.05, 0.1) is 12.5 Å². The van der Waals surface area contributed by atoms with Crippen LogP contribution in [0, 0.1) is 52.3 Å². The summed E-state index contributed by atoms with van der Waals surface area (Å²) in [6.45, 7) is 12.8. The van der Waals surface area contributed by atoms with E-state index in [1.165, 1.54) is 25.7 Å². The molecule has 8 atom stereocenters. The van der Waals surface area contributed by atoms with Crippen molar-refractivity contribution in [3.8, 4) is 0 Å². The molecule has 4 bridgehead atoms. The molecule has 2 nitrogen and oxygen atoms in total. The van der Waals surface area contributed by atoms with Crippen molar-refractivity contribution in [3.05, 3.63) is 0 Å². The van der Waals surface area contributed by atoms with Crippen molar-refractivity contribution in [2.75, 3.05) is 6.61 Å². The van der Waals surface area contributed by atoms with E-state index >= 15 is 0 Å². The zero-order chi connectivity index (χ0) is 17.3. The van der Waals surface area contributed by atoms with Crippen LogP contribution in [0.25, 0.3) is 0 Å². The minimum Gasteiger partial charge on any atom is -0.465 e. The molecule has 4 rings (SSSR count). The zero-order valence-corrected chi connectivity index (χ0v) is 16.3. The fourth-order valence-corrected chi connectivity index (χ4v) is 7.43. The van der Waals surface area contributed by atoms with E-state index in [-0.39, 0.29) is 11.9 Å². The number of hydrogen-bond acceptors (Lipinski definition) is 2. The summed E-state index contributed by atoms with van der Waals surface area (Å²) in [6, 6.07) is 0. The molecule has 0 spiro atoms. The van der Waals surface area contributed by atoms with Gasteiger partial charge in [-0.05, 0) is 84.9 Å². The first kappa shape index (κ1) is 16.9. The van der Waals surface area contributed by atoms with Gasteiger partial charge in [0, 0.05) is 0 Å². The van der Waals surface area contributed by atoms with Crippen molar-refractivity contribution >= 4 is 5.97 Å². The van der Waals surface area contributed by atoms with Gasteiger partial charge in [0.25, 0.3) is 0 Å². The number of carbonyl (C=O) groups excluding carboxylic acids is 1. The lowest BCUT2D eigenvalue weighted by molar-refractivity contribution is -0.152. The molecule has 0 aromatic heterocycles. The van der Waals surface area contributed by atoms with Crippen LogP contribution in [-0.2, 0) is 9.53 Å². The molecule has 8 unspecified atom stereocenters. The third-order valence-electron chi connectivity index (χ3n) is 9.88. The lowest BCUT2D eigenvalue weighted by atomic mass is 9.66. The van der Waals surface area contributed by atoms with Crippen LogP contribution in [0.15, 0.2) is 0 Å². The van der Waals surface area contributed by atoms with Crippen LogP contribution in [0.1, 0.15) is 73.1 Å². The smallest absolute Gasteiger partial charge is 0.309 e. The van der Waals surface area contributed by atoms with Crippen molar-refractivity contribution in [3.63, 3.8) is 0 Å². The lowest BCUT2D eigenvalue weighted by Crippen LogP contribution is -2.34. The minimum absolute atomic E-state index is 0.119. The van der Waals surface area contributed by atoms with Crippen molar-refractivity contribution < 1.29 is 9.53 Å². The van der Waals surface area contributed by atoms with Gasteiger partial charge in [-0.2, -0.15) is 0 Å². The molecule has 24 heavy (non-hydrogen) atoms. The number of fused-ring (bicyclic) bond motifs is 4. The van der Waals surface area contributed by atoms with Crippen LogP contribution in [0.4, 0.5) is 0 Å². The molecule has 0 aromatic rings. The maximum absolute atomic E-state index is 12.6. The topological polar surface area (TPSA) is 26.3 Å². The average molecular weight is 333 g/mol. The fraction of sp³-hybridized carbons (Fsp3) is 0.955. The summed E-state index contributed by atoms with van der Waals surface area (Å²) in [5.74, 6) is 4.82. The van der Waals surface area contributed by atoms with Gasteiger partial charge in [-0.3, -0.25) is 4.79 Å². The molecule has 4 fully saturated rings. The SMILES string of the molecule is CC1C2CC(C(=O)OCCC3CC4CCC3(C)C4(C)C)C(C2)C1C. The fourth-order valence-electron chi connectivity index (χ4n) is 7.43. The molecule has 2 heteroatoms. The van der Waals surface area contributed by atoms with Crippen molar-refractivity contribution in [2.45, 2.75) is 73.1 Å². The molecular weight excluding hydrogens is 296 g/mol. The molecule has 4 saturated carbocycles. The zero-order valence-electron chi connectivity index (χ0n) is 16.3. The van der Waals surface area contributed by atoms with Gasteiger partial charge >= 0.3 is 5.97 Å². The predicted octanol–water partition coefficient (Wildman–Crippen LogP) is 5.31. The molecule has 4 aliphatic carbocycles. The highest BCUT2D eigenvalue weighted by atomic mass is 16.5. The molecule has 0 aliphatic heterocycles. The first-order chi connectivity index (χ1) is 11.3. The van der Waals surface area contributed by atoms with Crippen molar-refractivity contribution in [2.24, 2.45) is 52.3 Å². The van der Waals surface area contributed by atoms with Crippen LogP contribution in [0.3, 0.4) is 0 Å². The monoisotopic (exact) mass is 332 g/mol. The van der Waals surface area contributed by atoms with E-state index in [1.807, 2.05) is 0 Å². The summed E-state index contributed by atoms with van der Waals surface area (Å²) < 4.78 is 5.81. The minimum atomic E-state index is 0.119. The quantitative estimate of drug-likeness (QED) is 0.652. The summed E-state index contributed by atoms with van der Waals surface area (Å²) in [7, 11) is 0. The summed E-state index contributed by atoms with van der Waals surface area (Å²) >= 11 is 0. The first-order valence-corrected chi connectivity index (χ1v) is 10.4. The Bertz CT molecular complexity index is 522. The second-order valence-corrected chi connectivity index (χ2v) is 10.5. The first-order valence-electron chi connectivity index (χ1n) is 10.4.